The van der Waals surface area contributed by atoms with Crippen LogP contribution in [0.4, 0.5) is 5.69 Å². The van der Waals surface area contributed by atoms with Gasteiger partial charge in [0.15, 0.2) is 11.7 Å². The lowest BCUT2D eigenvalue weighted by Gasteiger charge is -2.23. The number of anilines is 1. The van der Waals surface area contributed by atoms with Crippen molar-refractivity contribution in [1.29, 1.82) is 0 Å². The Bertz CT molecular complexity index is 714. The molecule has 23 heavy (non-hydrogen) atoms. The Labute approximate surface area is 135 Å². The van der Waals surface area contributed by atoms with Crippen LogP contribution in [-0.4, -0.2) is 24.0 Å². The molecule has 1 saturated heterocycles. The van der Waals surface area contributed by atoms with Gasteiger partial charge in [0.25, 0.3) is 0 Å². The molecule has 0 radical (unpaired) electrons. The minimum Gasteiger partial charge on any atom is -0.441 e. The zero-order valence-corrected chi connectivity index (χ0v) is 13.3. The van der Waals surface area contributed by atoms with Crippen molar-refractivity contribution < 1.29 is 9.21 Å². The van der Waals surface area contributed by atoms with Crippen LogP contribution in [0.15, 0.2) is 34.9 Å². The van der Waals surface area contributed by atoms with Gasteiger partial charge in [0.2, 0.25) is 5.91 Å². The molecule has 1 aliphatic heterocycles. The SMILES string of the molecule is Cc1ncc(-c2ccc(NC(=O)C3CC34CCNCC4)cc2)o1. The number of oxazole rings is 1. The number of aromatic nitrogens is 1. The maximum Gasteiger partial charge on any atom is 0.228 e. The fraction of sp³-hybridized carbons (Fsp3) is 0.444. The van der Waals surface area contributed by atoms with Crippen LogP contribution < -0.4 is 10.6 Å². The van der Waals surface area contributed by atoms with Crippen LogP contribution in [0.25, 0.3) is 11.3 Å². The molecule has 1 spiro atoms. The highest BCUT2D eigenvalue weighted by atomic mass is 16.4. The summed E-state index contributed by atoms with van der Waals surface area (Å²) in [6.07, 6.45) is 4.99. The van der Waals surface area contributed by atoms with Crippen molar-refractivity contribution in [2.75, 3.05) is 18.4 Å². The quantitative estimate of drug-likeness (QED) is 0.914. The predicted molar refractivity (Wildman–Crippen MR) is 87.9 cm³/mol. The van der Waals surface area contributed by atoms with E-state index in [2.05, 4.69) is 15.6 Å². The summed E-state index contributed by atoms with van der Waals surface area (Å²) >= 11 is 0. The van der Waals surface area contributed by atoms with Gasteiger partial charge < -0.3 is 15.1 Å². The average molecular weight is 311 g/mol. The molecule has 1 unspecified atom stereocenters. The first-order valence-corrected chi connectivity index (χ1v) is 8.21. The van der Waals surface area contributed by atoms with Crippen molar-refractivity contribution in [3.63, 3.8) is 0 Å². The van der Waals surface area contributed by atoms with Gasteiger partial charge in [-0.05, 0) is 62.0 Å². The third-order valence-corrected chi connectivity index (χ3v) is 5.16. The summed E-state index contributed by atoms with van der Waals surface area (Å²) in [5, 5.41) is 6.42. The highest BCUT2D eigenvalue weighted by Crippen LogP contribution is 2.58. The Morgan fingerprint density at radius 1 is 1.30 bits per heavy atom. The fourth-order valence-corrected chi connectivity index (χ4v) is 3.64. The van der Waals surface area contributed by atoms with E-state index in [1.807, 2.05) is 31.2 Å². The van der Waals surface area contributed by atoms with Crippen LogP contribution >= 0.6 is 0 Å². The molecule has 120 valence electrons. The molecule has 2 fully saturated rings. The summed E-state index contributed by atoms with van der Waals surface area (Å²) in [7, 11) is 0. The molecule has 1 saturated carbocycles. The molecule has 1 atom stereocenters. The van der Waals surface area contributed by atoms with Crippen LogP contribution in [0.2, 0.25) is 0 Å². The van der Waals surface area contributed by atoms with Crippen molar-refractivity contribution in [2.45, 2.75) is 26.2 Å². The molecule has 0 bridgehead atoms. The number of hydrogen-bond donors (Lipinski definition) is 2. The van der Waals surface area contributed by atoms with E-state index in [0.717, 1.165) is 49.4 Å². The maximum atomic E-state index is 12.4. The molecule has 5 nitrogen and oxygen atoms in total. The number of aryl methyl sites for hydroxylation is 1. The van der Waals surface area contributed by atoms with Crippen molar-refractivity contribution in [3.05, 3.63) is 36.4 Å². The van der Waals surface area contributed by atoms with Crippen molar-refractivity contribution in [3.8, 4) is 11.3 Å². The zero-order valence-electron chi connectivity index (χ0n) is 13.3. The van der Waals surface area contributed by atoms with Gasteiger partial charge in [-0.2, -0.15) is 0 Å². The summed E-state index contributed by atoms with van der Waals surface area (Å²) in [5.74, 6) is 1.74. The van der Waals surface area contributed by atoms with Crippen LogP contribution in [0.5, 0.6) is 0 Å². The highest BCUT2D eigenvalue weighted by Gasteiger charge is 2.57. The average Bonchev–Trinajstić information content (AvgIpc) is 3.07. The smallest absolute Gasteiger partial charge is 0.228 e. The van der Waals surface area contributed by atoms with Gasteiger partial charge in [0.1, 0.15) is 0 Å². The van der Waals surface area contributed by atoms with Crippen LogP contribution in [0.1, 0.15) is 25.2 Å². The lowest BCUT2D eigenvalue weighted by atomic mass is 9.92. The normalized spacial score (nSPS) is 22.0. The second kappa shape index (κ2) is 5.49. The van der Waals surface area contributed by atoms with Gasteiger partial charge in [-0.15, -0.1) is 0 Å². The first kappa shape index (κ1) is 14.5. The number of hydrogen-bond acceptors (Lipinski definition) is 4. The largest absolute Gasteiger partial charge is 0.441 e. The third-order valence-electron chi connectivity index (χ3n) is 5.16. The summed E-state index contributed by atoms with van der Waals surface area (Å²) in [5.41, 5.74) is 2.07. The second-order valence-corrected chi connectivity index (χ2v) is 6.68. The molecule has 1 aromatic heterocycles. The van der Waals surface area contributed by atoms with Gasteiger partial charge in [-0.1, -0.05) is 0 Å². The maximum absolute atomic E-state index is 12.4. The van der Waals surface area contributed by atoms with Crippen molar-refractivity contribution >= 4 is 11.6 Å². The number of piperidine rings is 1. The molecule has 4 rings (SSSR count). The van der Waals surface area contributed by atoms with Gasteiger partial charge in [0.05, 0.1) is 6.20 Å². The summed E-state index contributed by atoms with van der Waals surface area (Å²) in [4.78, 5) is 16.5. The first-order valence-electron chi connectivity index (χ1n) is 8.21. The third kappa shape index (κ3) is 2.77. The Hall–Kier alpha value is -2.14. The van der Waals surface area contributed by atoms with Gasteiger partial charge in [-0.25, -0.2) is 4.98 Å². The Morgan fingerprint density at radius 2 is 2.04 bits per heavy atom. The highest BCUT2D eigenvalue weighted by molar-refractivity contribution is 5.95. The fourth-order valence-electron chi connectivity index (χ4n) is 3.64. The van der Waals surface area contributed by atoms with Gasteiger partial charge >= 0.3 is 0 Å². The molecule has 2 N–H and O–H groups in total. The monoisotopic (exact) mass is 311 g/mol. The van der Waals surface area contributed by atoms with Crippen LogP contribution in [0.3, 0.4) is 0 Å². The van der Waals surface area contributed by atoms with Crippen LogP contribution in [0, 0.1) is 18.3 Å². The molecule has 1 aromatic carbocycles. The summed E-state index contributed by atoms with van der Waals surface area (Å²) < 4.78 is 5.51. The number of carbonyl (C=O) groups excluding carboxylic acids is 1. The standard InChI is InChI=1S/C18H21N3O2/c1-12-20-11-16(23-12)13-2-4-14(5-3-13)21-17(22)15-10-18(15)6-8-19-9-7-18/h2-5,11,15,19H,6-10H2,1H3,(H,21,22). The number of rotatable bonds is 3. The summed E-state index contributed by atoms with van der Waals surface area (Å²) in [6.45, 7) is 3.90. The Kier molecular flexibility index (Phi) is 3.45. The molecule has 5 heteroatoms. The Balaban J connectivity index is 1.40. The molecule has 1 amide bonds. The van der Waals surface area contributed by atoms with E-state index in [1.165, 1.54) is 0 Å². The topological polar surface area (TPSA) is 67.2 Å². The molecule has 2 aromatic rings. The number of nitrogens with zero attached hydrogens (tertiary/aromatic N) is 1. The molecule has 2 heterocycles. The van der Waals surface area contributed by atoms with Gasteiger partial charge in [0, 0.05) is 24.1 Å². The minimum absolute atomic E-state index is 0.162. The van der Waals surface area contributed by atoms with E-state index in [4.69, 9.17) is 4.42 Å². The predicted octanol–water partition coefficient (Wildman–Crippen LogP) is 2.98. The van der Waals surface area contributed by atoms with E-state index >= 15 is 0 Å². The molecular formula is C18H21N3O2. The van der Waals surface area contributed by atoms with E-state index < -0.39 is 0 Å². The lowest BCUT2D eigenvalue weighted by Crippen LogP contribution is -2.31. The van der Waals surface area contributed by atoms with Gasteiger partial charge in [-0.3, -0.25) is 4.79 Å². The first-order chi connectivity index (χ1) is 11.2. The summed E-state index contributed by atoms with van der Waals surface area (Å²) in [6, 6.07) is 7.73. The second-order valence-electron chi connectivity index (χ2n) is 6.68. The minimum atomic E-state index is 0.162. The number of carbonyl (C=O) groups is 1. The molecule has 1 aliphatic carbocycles. The van der Waals surface area contributed by atoms with E-state index in [0.29, 0.717) is 5.89 Å². The van der Waals surface area contributed by atoms with E-state index in [9.17, 15) is 4.79 Å². The zero-order chi connectivity index (χ0) is 15.9. The lowest BCUT2D eigenvalue weighted by molar-refractivity contribution is -0.118. The van der Waals surface area contributed by atoms with Crippen LogP contribution in [-0.2, 0) is 4.79 Å². The molecular weight excluding hydrogens is 290 g/mol. The van der Waals surface area contributed by atoms with E-state index in [-0.39, 0.29) is 17.2 Å². The van der Waals surface area contributed by atoms with Crippen molar-refractivity contribution in [2.24, 2.45) is 11.3 Å². The number of nitrogens with one attached hydrogen (secondary N) is 2. The number of benzene rings is 1. The number of amides is 1. The van der Waals surface area contributed by atoms with E-state index in [1.54, 1.807) is 6.20 Å². The van der Waals surface area contributed by atoms with Crippen molar-refractivity contribution in [1.82, 2.24) is 10.3 Å². The molecule has 2 aliphatic rings. The Morgan fingerprint density at radius 3 is 2.70 bits per heavy atom.